The van der Waals surface area contributed by atoms with Gasteiger partial charge in [-0.1, -0.05) is 6.07 Å². The standard InChI is InChI=1S/C29H33F3N6O3S/c1-16-12-19(14-21(13-16)37-27-34-11-8-23(38-27)29(30,31)32)22-15-35-26(42-22)28(41)9-6-18(7-10-28)25(40)36-20-4-2-17(3-5-20)24(33)39/h8,11-15,17-18,20,41H,2-7,9-10H2,1H3,(H2,33,39)(H,36,40)(H,34,37,38)/t17?,18-,20?,28+. The van der Waals surface area contributed by atoms with Crippen LogP contribution in [0.15, 0.2) is 36.7 Å². The van der Waals surface area contributed by atoms with Crippen LogP contribution in [0.25, 0.3) is 10.4 Å². The maximum absolute atomic E-state index is 13.1. The molecule has 5 N–H and O–H groups in total. The first-order valence-electron chi connectivity index (χ1n) is 14.0. The Morgan fingerprint density at radius 3 is 2.43 bits per heavy atom. The van der Waals surface area contributed by atoms with E-state index in [0.717, 1.165) is 41.1 Å². The van der Waals surface area contributed by atoms with Crippen molar-refractivity contribution in [1.29, 1.82) is 0 Å². The van der Waals surface area contributed by atoms with Crippen LogP contribution in [-0.4, -0.2) is 37.9 Å². The lowest BCUT2D eigenvalue weighted by Gasteiger charge is -2.35. The summed E-state index contributed by atoms with van der Waals surface area (Å²) >= 11 is 1.35. The molecule has 2 heterocycles. The van der Waals surface area contributed by atoms with Crippen LogP contribution in [0.3, 0.4) is 0 Å². The van der Waals surface area contributed by atoms with Crippen molar-refractivity contribution in [1.82, 2.24) is 20.3 Å². The fraction of sp³-hybridized carbons (Fsp3) is 0.483. The van der Waals surface area contributed by atoms with Gasteiger partial charge < -0.3 is 21.5 Å². The average Bonchev–Trinajstić information content (AvgIpc) is 3.45. The molecule has 0 unspecified atom stereocenters. The maximum Gasteiger partial charge on any atom is 0.433 e. The summed E-state index contributed by atoms with van der Waals surface area (Å²) in [6, 6.07) is 6.34. The number of hydrogen-bond donors (Lipinski definition) is 4. The second-order valence-electron chi connectivity index (χ2n) is 11.3. The normalized spacial score (nSPS) is 24.6. The molecule has 0 bridgehead atoms. The number of aromatic nitrogens is 3. The van der Waals surface area contributed by atoms with Gasteiger partial charge >= 0.3 is 6.18 Å². The van der Waals surface area contributed by atoms with Gasteiger partial charge in [0, 0.05) is 36.0 Å². The fourth-order valence-corrected chi connectivity index (χ4v) is 6.79. The number of primary amides is 1. The molecule has 2 aromatic heterocycles. The molecular formula is C29H33F3N6O3S. The first-order valence-corrected chi connectivity index (χ1v) is 14.8. The lowest BCUT2D eigenvalue weighted by atomic mass is 9.78. The molecule has 224 valence electrons. The van der Waals surface area contributed by atoms with E-state index in [1.807, 2.05) is 13.0 Å². The summed E-state index contributed by atoms with van der Waals surface area (Å²) in [4.78, 5) is 37.1. The van der Waals surface area contributed by atoms with E-state index in [9.17, 15) is 27.9 Å². The summed E-state index contributed by atoms with van der Waals surface area (Å²) in [5.74, 6) is -0.759. The highest BCUT2D eigenvalue weighted by Gasteiger charge is 2.40. The van der Waals surface area contributed by atoms with E-state index in [2.05, 4.69) is 25.6 Å². The van der Waals surface area contributed by atoms with E-state index >= 15 is 0 Å². The van der Waals surface area contributed by atoms with Crippen molar-refractivity contribution < 1.29 is 27.9 Å². The van der Waals surface area contributed by atoms with Crippen LogP contribution in [0.2, 0.25) is 0 Å². The number of nitrogens with zero attached hydrogens (tertiary/aromatic N) is 3. The van der Waals surface area contributed by atoms with Crippen molar-refractivity contribution in [3.05, 3.63) is 52.9 Å². The van der Waals surface area contributed by atoms with Crippen LogP contribution in [-0.2, 0) is 21.4 Å². The molecule has 0 spiro atoms. The second kappa shape index (κ2) is 12.0. The van der Waals surface area contributed by atoms with E-state index in [-0.39, 0.29) is 35.6 Å². The Balaban J connectivity index is 1.21. The quantitative estimate of drug-likeness (QED) is 0.291. The number of rotatable bonds is 7. The number of anilines is 2. The first-order chi connectivity index (χ1) is 19.9. The molecule has 0 saturated heterocycles. The maximum atomic E-state index is 13.1. The minimum Gasteiger partial charge on any atom is -0.383 e. The third kappa shape index (κ3) is 6.89. The minimum atomic E-state index is -4.58. The Morgan fingerprint density at radius 2 is 1.76 bits per heavy atom. The van der Waals surface area contributed by atoms with Crippen LogP contribution in [0.4, 0.5) is 24.8 Å². The number of halogens is 3. The molecule has 1 aromatic carbocycles. The van der Waals surface area contributed by atoms with Gasteiger partial charge in [0.2, 0.25) is 17.8 Å². The van der Waals surface area contributed by atoms with Crippen LogP contribution in [0.5, 0.6) is 0 Å². The van der Waals surface area contributed by atoms with Gasteiger partial charge in [-0.25, -0.2) is 15.0 Å². The molecular weight excluding hydrogens is 569 g/mol. The van der Waals surface area contributed by atoms with Gasteiger partial charge in [-0.3, -0.25) is 9.59 Å². The lowest BCUT2D eigenvalue weighted by Crippen LogP contribution is -2.44. The number of nitrogens with two attached hydrogens (primary N) is 1. The predicted octanol–water partition coefficient (Wildman–Crippen LogP) is 5.21. The SMILES string of the molecule is Cc1cc(Nc2nccc(C(F)(F)F)n2)cc(-c2cnc([C@]3(O)CC[C@@H](C(=O)NC4CCC(C(N)=O)CC4)CC3)s2)c1. The Hall–Kier alpha value is -3.58. The Labute approximate surface area is 245 Å². The van der Waals surface area contributed by atoms with Crippen molar-refractivity contribution >= 4 is 34.8 Å². The molecule has 2 amide bonds. The molecule has 2 aliphatic carbocycles. The highest BCUT2D eigenvalue weighted by Crippen LogP contribution is 2.43. The van der Waals surface area contributed by atoms with Gasteiger partial charge in [-0.15, -0.1) is 11.3 Å². The summed E-state index contributed by atoms with van der Waals surface area (Å²) in [7, 11) is 0. The molecule has 5 rings (SSSR count). The van der Waals surface area contributed by atoms with Gasteiger partial charge in [-0.2, -0.15) is 13.2 Å². The highest BCUT2D eigenvalue weighted by atomic mass is 32.1. The number of aliphatic hydroxyl groups is 1. The number of benzene rings is 1. The average molecular weight is 603 g/mol. The number of nitrogens with one attached hydrogen (secondary N) is 2. The van der Waals surface area contributed by atoms with Crippen LogP contribution in [0, 0.1) is 18.8 Å². The van der Waals surface area contributed by atoms with Crippen LogP contribution < -0.4 is 16.4 Å². The lowest BCUT2D eigenvalue weighted by molar-refractivity contribution is -0.141. The number of hydrogen-bond acceptors (Lipinski definition) is 8. The number of amides is 2. The molecule has 2 aliphatic rings. The number of carbonyl (C=O) groups excluding carboxylic acids is 2. The zero-order chi connectivity index (χ0) is 30.1. The first kappa shape index (κ1) is 29.9. The Morgan fingerprint density at radius 1 is 1.05 bits per heavy atom. The largest absolute Gasteiger partial charge is 0.433 e. The molecule has 3 aromatic rings. The van der Waals surface area contributed by atoms with Gasteiger partial charge in [0.25, 0.3) is 0 Å². The topological polar surface area (TPSA) is 143 Å². The molecule has 42 heavy (non-hydrogen) atoms. The van der Waals surface area contributed by atoms with Gasteiger partial charge in [0.1, 0.15) is 16.3 Å². The van der Waals surface area contributed by atoms with E-state index in [0.29, 0.717) is 49.2 Å². The van der Waals surface area contributed by atoms with Crippen molar-refractivity contribution in [3.63, 3.8) is 0 Å². The van der Waals surface area contributed by atoms with E-state index in [1.165, 1.54) is 11.3 Å². The van der Waals surface area contributed by atoms with E-state index in [1.54, 1.807) is 18.3 Å². The summed E-state index contributed by atoms with van der Waals surface area (Å²) in [6.45, 7) is 1.87. The van der Waals surface area contributed by atoms with Crippen molar-refractivity contribution in [3.8, 4) is 10.4 Å². The summed E-state index contributed by atoms with van der Waals surface area (Å²) in [6.07, 6.45) is 2.88. The van der Waals surface area contributed by atoms with Crippen molar-refractivity contribution in [2.24, 2.45) is 17.6 Å². The molecule has 9 nitrogen and oxygen atoms in total. The second-order valence-corrected chi connectivity index (χ2v) is 12.3. The number of aryl methyl sites for hydroxylation is 1. The Kier molecular flexibility index (Phi) is 8.51. The third-order valence-corrected chi connectivity index (χ3v) is 9.37. The monoisotopic (exact) mass is 602 g/mol. The summed E-state index contributed by atoms with van der Waals surface area (Å²) < 4.78 is 39.2. The summed E-state index contributed by atoms with van der Waals surface area (Å²) in [5, 5.41) is 18.0. The number of carbonyl (C=O) groups is 2. The van der Waals surface area contributed by atoms with Crippen molar-refractivity contribution in [2.45, 2.75) is 76.1 Å². The highest BCUT2D eigenvalue weighted by molar-refractivity contribution is 7.15. The van der Waals surface area contributed by atoms with Crippen molar-refractivity contribution in [2.75, 3.05) is 5.32 Å². The van der Waals surface area contributed by atoms with E-state index < -0.39 is 17.5 Å². The molecule has 0 radical (unpaired) electrons. The third-order valence-electron chi connectivity index (χ3n) is 8.13. The van der Waals surface area contributed by atoms with E-state index in [4.69, 9.17) is 5.73 Å². The van der Waals surface area contributed by atoms with Gasteiger partial charge in [-0.05, 0) is 87.6 Å². The molecule has 0 atom stereocenters. The Bertz CT molecular complexity index is 1450. The minimum absolute atomic E-state index is 0.0102. The molecule has 0 aliphatic heterocycles. The number of alkyl halides is 3. The van der Waals surface area contributed by atoms with Gasteiger partial charge in [0.15, 0.2) is 0 Å². The van der Waals surface area contributed by atoms with Crippen LogP contribution in [0.1, 0.15) is 67.6 Å². The zero-order valence-electron chi connectivity index (χ0n) is 23.1. The van der Waals surface area contributed by atoms with Crippen LogP contribution >= 0.6 is 11.3 Å². The number of thiazole rings is 1. The predicted molar refractivity (Wildman–Crippen MR) is 152 cm³/mol. The zero-order valence-corrected chi connectivity index (χ0v) is 23.9. The molecule has 2 saturated carbocycles. The molecule has 13 heteroatoms. The molecule has 2 fully saturated rings. The summed E-state index contributed by atoms with van der Waals surface area (Å²) in [5.41, 5.74) is 5.40. The smallest absolute Gasteiger partial charge is 0.383 e. The fourth-order valence-electron chi connectivity index (χ4n) is 5.74. The van der Waals surface area contributed by atoms with Gasteiger partial charge in [0.05, 0.1) is 4.88 Å².